The van der Waals surface area contributed by atoms with Gasteiger partial charge in [-0.15, -0.1) is 0 Å². The van der Waals surface area contributed by atoms with Gasteiger partial charge in [-0.25, -0.2) is 4.98 Å². The van der Waals surface area contributed by atoms with Crippen LogP contribution < -0.4 is 0 Å². The van der Waals surface area contributed by atoms with Crippen LogP contribution in [0, 0.1) is 12.8 Å². The quantitative estimate of drug-likeness (QED) is 0.522. The fraction of sp³-hybridized carbons (Fsp3) is 0.519. The Hall–Kier alpha value is -1.73. The Morgan fingerprint density at radius 1 is 1.15 bits per heavy atom. The first-order valence-electron chi connectivity index (χ1n) is 12.0. The highest BCUT2D eigenvalue weighted by Crippen LogP contribution is 2.36. The van der Waals surface area contributed by atoms with E-state index in [0.29, 0.717) is 5.92 Å². The fourth-order valence-corrected chi connectivity index (χ4v) is 6.22. The number of aliphatic hydroxyl groups is 1. The molecule has 1 fully saturated rings. The molecule has 0 unspecified atom stereocenters. The summed E-state index contributed by atoms with van der Waals surface area (Å²) in [5.41, 5.74) is 5.16. The van der Waals surface area contributed by atoms with Gasteiger partial charge >= 0.3 is 0 Å². The van der Waals surface area contributed by atoms with Crippen LogP contribution in [0.2, 0.25) is 0 Å². The maximum atomic E-state index is 10.9. The molecule has 0 amide bonds. The lowest BCUT2D eigenvalue weighted by Gasteiger charge is -2.40. The minimum Gasteiger partial charge on any atom is -0.383 e. The Labute approximate surface area is 204 Å². The second-order valence-corrected chi connectivity index (χ2v) is 11.3. The summed E-state index contributed by atoms with van der Waals surface area (Å²) in [5.74, 6) is 1.38. The molecule has 0 bridgehead atoms. The van der Waals surface area contributed by atoms with Crippen LogP contribution in [0.5, 0.6) is 0 Å². The van der Waals surface area contributed by atoms with Crippen LogP contribution in [0.25, 0.3) is 11.0 Å². The number of piperidine rings is 1. The van der Waals surface area contributed by atoms with Gasteiger partial charge in [0.1, 0.15) is 11.4 Å². The third-order valence-corrected chi connectivity index (χ3v) is 7.83. The molecule has 5 rings (SSSR count). The van der Waals surface area contributed by atoms with Gasteiger partial charge < -0.3 is 19.3 Å². The Bertz CT molecular complexity index is 1170. The minimum atomic E-state index is -1.02. The van der Waals surface area contributed by atoms with E-state index in [2.05, 4.69) is 68.7 Å². The molecule has 1 N–H and O–H groups in total. The number of benzene rings is 2. The van der Waals surface area contributed by atoms with Gasteiger partial charge in [-0.3, -0.25) is 0 Å². The Morgan fingerprint density at radius 3 is 2.70 bits per heavy atom. The number of aryl methyl sites for hydroxylation is 1. The second-order valence-electron chi connectivity index (χ2n) is 10.4. The number of likely N-dealkylation sites (tertiary alicyclic amines) is 1. The van der Waals surface area contributed by atoms with Crippen molar-refractivity contribution >= 4 is 27.0 Å². The topological polar surface area (TPSA) is 50.5 Å². The van der Waals surface area contributed by atoms with Crippen LogP contribution >= 0.6 is 15.9 Å². The van der Waals surface area contributed by atoms with Crippen LogP contribution in [0.3, 0.4) is 0 Å². The number of fused-ring (bicyclic) bond motifs is 2. The molecule has 0 saturated carbocycles. The van der Waals surface area contributed by atoms with Crippen LogP contribution in [-0.2, 0) is 23.2 Å². The molecule has 2 heterocycles. The van der Waals surface area contributed by atoms with Gasteiger partial charge in [-0.2, -0.15) is 0 Å². The van der Waals surface area contributed by atoms with E-state index < -0.39 is 5.60 Å². The zero-order valence-electron chi connectivity index (χ0n) is 20.0. The van der Waals surface area contributed by atoms with Crippen molar-refractivity contribution in [1.82, 2.24) is 14.5 Å². The molecule has 176 valence electrons. The smallest absolute Gasteiger partial charge is 0.141 e. The third-order valence-electron chi connectivity index (χ3n) is 7.34. The van der Waals surface area contributed by atoms with Gasteiger partial charge in [0.25, 0.3) is 0 Å². The molecule has 33 heavy (non-hydrogen) atoms. The zero-order chi connectivity index (χ0) is 23.3. The van der Waals surface area contributed by atoms with Crippen LogP contribution in [0.15, 0.2) is 40.9 Å². The number of imidazole rings is 1. The molecule has 6 heteroatoms. The van der Waals surface area contributed by atoms with Crippen molar-refractivity contribution < 1.29 is 9.84 Å². The summed E-state index contributed by atoms with van der Waals surface area (Å²) < 4.78 is 9.49. The average molecular weight is 512 g/mol. The van der Waals surface area contributed by atoms with E-state index in [1.807, 2.05) is 21.0 Å². The number of rotatable bonds is 5. The summed E-state index contributed by atoms with van der Waals surface area (Å²) in [6.07, 6.45) is 3.35. The molecule has 3 aromatic rings. The fourth-order valence-electron chi connectivity index (χ4n) is 5.81. The van der Waals surface area contributed by atoms with Crippen molar-refractivity contribution in [2.24, 2.45) is 5.92 Å². The minimum absolute atomic E-state index is 0.0523. The Kier molecular flexibility index (Phi) is 6.15. The first kappa shape index (κ1) is 23.0. The highest BCUT2D eigenvalue weighted by Gasteiger charge is 2.37. The number of hydrogen-bond acceptors (Lipinski definition) is 4. The first-order chi connectivity index (χ1) is 15.7. The normalized spacial score (nSPS) is 23.9. The average Bonchev–Trinajstić information content (AvgIpc) is 3.33. The predicted molar refractivity (Wildman–Crippen MR) is 136 cm³/mol. The van der Waals surface area contributed by atoms with Gasteiger partial charge in [-0.05, 0) is 86.9 Å². The van der Waals surface area contributed by atoms with Crippen LogP contribution in [0.1, 0.15) is 48.8 Å². The molecule has 3 atom stereocenters. The highest BCUT2D eigenvalue weighted by molar-refractivity contribution is 9.10. The van der Waals surface area contributed by atoms with E-state index in [4.69, 9.17) is 9.72 Å². The summed E-state index contributed by atoms with van der Waals surface area (Å²) >= 11 is 3.61. The highest BCUT2D eigenvalue weighted by atomic mass is 79.9. The molecule has 2 aliphatic rings. The lowest BCUT2D eigenvalue weighted by Crippen LogP contribution is -2.47. The molecule has 1 aliphatic carbocycles. The summed E-state index contributed by atoms with van der Waals surface area (Å²) in [4.78, 5) is 7.43. The molecule has 5 nitrogen and oxygen atoms in total. The monoisotopic (exact) mass is 511 g/mol. The SMILES string of the molecule is CO[C@H]1CN(C[C@@H]2Cc3ccc(Br)cc3C2)CC[C@@H]1n1c(C(C)(C)O)nc2cc(C)ccc21. The number of methoxy groups -OCH3 is 1. The Morgan fingerprint density at radius 2 is 1.94 bits per heavy atom. The molecular formula is C27H34BrN3O2. The van der Waals surface area contributed by atoms with Gasteiger partial charge in [0.05, 0.1) is 23.2 Å². The predicted octanol–water partition coefficient (Wildman–Crippen LogP) is 5.01. The molecule has 0 spiro atoms. The first-order valence-corrected chi connectivity index (χ1v) is 12.8. The summed E-state index contributed by atoms with van der Waals surface area (Å²) in [7, 11) is 1.82. The third kappa shape index (κ3) is 4.51. The van der Waals surface area contributed by atoms with E-state index in [9.17, 15) is 5.11 Å². The molecule has 0 radical (unpaired) electrons. The molecular weight excluding hydrogens is 478 g/mol. The zero-order valence-corrected chi connectivity index (χ0v) is 21.6. The molecule has 2 aromatic carbocycles. The number of nitrogens with zero attached hydrogens (tertiary/aromatic N) is 3. The second kappa shape index (κ2) is 8.81. The van der Waals surface area contributed by atoms with Crippen LogP contribution in [0.4, 0.5) is 0 Å². The van der Waals surface area contributed by atoms with E-state index in [1.54, 1.807) is 0 Å². The molecule has 1 saturated heterocycles. The van der Waals surface area contributed by atoms with E-state index in [1.165, 1.54) is 21.2 Å². The van der Waals surface area contributed by atoms with Gasteiger partial charge in [0.15, 0.2) is 0 Å². The van der Waals surface area contributed by atoms with Crippen molar-refractivity contribution in [3.05, 3.63) is 63.4 Å². The van der Waals surface area contributed by atoms with Crippen molar-refractivity contribution in [3.63, 3.8) is 0 Å². The number of aromatic nitrogens is 2. The van der Waals surface area contributed by atoms with Crippen molar-refractivity contribution in [3.8, 4) is 0 Å². The van der Waals surface area contributed by atoms with Crippen molar-refractivity contribution in [2.45, 2.75) is 57.8 Å². The summed E-state index contributed by atoms with van der Waals surface area (Å²) in [6.45, 7) is 8.75. The summed E-state index contributed by atoms with van der Waals surface area (Å²) in [6, 6.07) is 13.2. The number of halogens is 1. The number of ether oxygens (including phenoxy) is 1. The molecule has 1 aromatic heterocycles. The van der Waals surface area contributed by atoms with Crippen molar-refractivity contribution in [2.75, 3.05) is 26.7 Å². The number of hydrogen-bond donors (Lipinski definition) is 1. The maximum Gasteiger partial charge on any atom is 0.141 e. The van der Waals surface area contributed by atoms with E-state index in [0.717, 1.165) is 55.8 Å². The van der Waals surface area contributed by atoms with Crippen LogP contribution in [-0.4, -0.2) is 52.4 Å². The summed E-state index contributed by atoms with van der Waals surface area (Å²) in [5, 5.41) is 10.9. The van der Waals surface area contributed by atoms with Gasteiger partial charge in [0, 0.05) is 31.2 Å². The van der Waals surface area contributed by atoms with E-state index >= 15 is 0 Å². The van der Waals surface area contributed by atoms with Crippen molar-refractivity contribution in [1.29, 1.82) is 0 Å². The van der Waals surface area contributed by atoms with Gasteiger partial charge in [0.2, 0.25) is 0 Å². The van der Waals surface area contributed by atoms with Gasteiger partial charge in [-0.1, -0.05) is 28.1 Å². The Balaban J connectivity index is 1.36. The van der Waals surface area contributed by atoms with E-state index in [-0.39, 0.29) is 12.1 Å². The maximum absolute atomic E-state index is 10.9. The standard InChI is InChI=1S/C27H34BrN3O2/c1-17-5-8-23-22(11-17)29-26(27(2,3)32)31(23)24-9-10-30(16-25(24)33-4)15-18-12-19-6-7-21(28)14-20(19)13-18/h5-8,11,14,18,24-25,32H,9-10,12-13,15-16H2,1-4H3/t18-,24+,25+/m1/s1. The molecule has 1 aliphatic heterocycles. The lowest BCUT2D eigenvalue weighted by atomic mass is 9.97. The largest absolute Gasteiger partial charge is 0.383 e. The lowest BCUT2D eigenvalue weighted by molar-refractivity contribution is -0.0151.